The summed E-state index contributed by atoms with van der Waals surface area (Å²) >= 11 is 7.42. The molecule has 0 unspecified atom stereocenters. The number of anilines is 2. The summed E-state index contributed by atoms with van der Waals surface area (Å²) in [6.07, 6.45) is 0. The number of nitrogens with zero attached hydrogens (tertiary/aromatic N) is 4. The Labute approximate surface area is 165 Å². The number of carbonyl (C=O) groups is 1. The Bertz CT molecular complexity index is 1100. The standard InChI is InChI=1S/C19H16ClN5OS/c1-24(2)15-9-5-13(6-10-15)17(26)21-18-22-19-25(23-18)16(11-27-19)12-3-7-14(20)8-4-12/h3-11H,1-2H3,(H,21,23,26). The quantitative estimate of drug-likeness (QED) is 0.553. The summed E-state index contributed by atoms with van der Waals surface area (Å²) in [7, 11) is 3.91. The monoisotopic (exact) mass is 397 g/mol. The molecule has 6 nitrogen and oxygen atoms in total. The topological polar surface area (TPSA) is 62.5 Å². The molecule has 1 amide bonds. The highest BCUT2D eigenvalue weighted by atomic mass is 35.5. The van der Waals surface area contributed by atoms with E-state index >= 15 is 0 Å². The lowest BCUT2D eigenvalue weighted by atomic mass is 10.2. The van der Waals surface area contributed by atoms with Crippen LogP contribution >= 0.6 is 22.9 Å². The van der Waals surface area contributed by atoms with Crippen molar-refractivity contribution in [3.8, 4) is 11.3 Å². The molecule has 4 aromatic rings. The van der Waals surface area contributed by atoms with Gasteiger partial charge in [-0.15, -0.1) is 16.4 Å². The maximum atomic E-state index is 12.5. The Kier molecular flexibility index (Phi) is 4.55. The van der Waals surface area contributed by atoms with Crippen molar-refractivity contribution in [2.24, 2.45) is 0 Å². The van der Waals surface area contributed by atoms with Gasteiger partial charge in [0.1, 0.15) is 0 Å². The van der Waals surface area contributed by atoms with Crippen molar-refractivity contribution in [3.63, 3.8) is 0 Å². The van der Waals surface area contributed by atoms with Crippen LogP contribution in [-0.4, -0.2) is 34.6 Å². The molecule has 0 aliphatic carbocycles. The van der Waals surface area contributed by atoms with E-state index in [4.69, 9.17) is 11.6 Å². The predicted molar refractivity (Wildman–Crippen MR) is 110 cm³/mol. The zero-order valence-corrected chi connectivity index (χ0v) is 16.3. The summed E-state index contributed by atoms with van der Waals surface area (Å²) in [6.45, 7) is 0. The van der Waals surface area contributed by atoms with E-state index < -0.39 is 0 Å². The molecular weight excluding hydrogens is 382 g/mol. The third-order valence-electron chi connectivity index (χ3n) is 4.09. The third kappa shape index (κ3) is 3.51. The molecule has 0 spiro atoms. The summed E-state index contributed by atoms with van der Waals surface area (Å²) in [5.74, 6) is 0.0327. The number of rotatable bonds is 4. The first kappa shape index (κ1) is 17.5. The molecule has 27 heavy (non-hydrogen) atoms. The SMILES string of the molecule is CN(C)c1ccc(C(=O)Nc2nc3scc(-c4ccc(Cl)cc4)n3n2)cc1. The number of fused-ring (bicyclic) bond motifs is 1. The number of halogens is 1. The molecule has 8 heteroatoms. The molecule has 2 aromatic heterocycles. The fourth-order valence-electron chi connectivity index (χ4n) is 2.64. The van der Waals surface area contributed by atoms with Crippen LogP contribution in [0.2, 0.25) is 5.02 Å². The molecule has 2 aromatic carbocycles. The van der Waals surface area contributed by atoms with Gasteiger partial charge in [0.05, 0.1) is 5.69 Å². The van der Waals surface area contributed by atoms with E-state index in [-0.39, 0.29) is 11.9 Å². The van der Waals surface area contributed by atoms with E-state index in [0.717, 1.165) is 16.9 Å². The number of benzene rings is 2. The molecule has 4 rings (SSSR count). The second-order valence-corrected chi connectivity index (χ2v) is 7.43. The number of amides is 1. The van der Waals surface area contributed by atoms with E-state index in [0.29, 0.717) is 15.5 Å². The lowest BCUT2D eigenvalue weighted by Gasteiger charge is -2.12. The van der Waals surface area contributed by atoms with Crippen LogP contribution in [0.5, 0.6) is 0 Å². The van der Waals surface area contributed by atoms with E-state index in [1.54, 1.807) is 16.6 Å². The van der Waals surface area contributed by atoms with Crippen molar-refractivity contribution in [2.75, 3.05) is 24.3 Å². The van der Waals surface area contributed by atoms with Gasteiger partial charge in [-0.3, -0.25) is 10.1 Å². The Morgan fingerprint density at radius 3 is 2.48 bits per heavy atom. The molecule has 0 radical (unpaired) electrons. The van der Waals surface area contributed by atoms with E-state index in [2.05, 4.69) is 15.4 Å². The zero-order chi connectivity index (χ0) is 19.0. The van der Waals surface area contributed by atoms with Crippen molar-refractivity contribution >= 4 is 45.4 Å². The van der Waals surface area contributed by atoms with Crippen LogP contribution in [0.3, 0.4) is 0 Å². The Balaban J connectivity index is 1.57. The summed E-state index contributed by atoms with van der Waals surface area (Å²) in [5.41, 5.74) is 3.46. The van der Waals surface area contributed by atoms with Crippen molar-refractivity contribution < 1.29 is 4.79 Å². The van der Waals surface area contributed by atoms with Crippen LogP contribution in [0, 0.1) is 0 Å². The van der Waals surface area contributed by atoms with Crippen LogP contribution in [0.15, 0.2) is 53.9 Å². The minimum atomic E-state index is -0.244. The van der Waals surface area contributed by atoms with E-state index in [9.17, 15) is 4.79 Å². The van der Waals surface area contributed by atoms with Crippen molar-refractivity contribution in [2.45, 2.75) is 0 Å². The van der Waals surface area contributed by atoms with Gasteiger partial charge >= 0.3 is 0 Å². The van der Waals surface area contributed by atoms with Crippen LogP contribution in [0.4, 0.5) is 11.6 Å². The summed E-state index contributed by atoms with van der Waals surface area (Å²) in [5, 5.41) is 9.84. The molecule has 1 N–H and O–H groups in total. The molecule has 0 bridgehead atoms. The van der Waals surface area contributed by atoms with Crippen LogP contribution in [0.1, 0.15) is 10.4 Å². The largest absolute Gasteiger partial charge is 0.378 e. The van der Waals surface area contributed by atoms with Crippen LogP contribution < -0.4 is 10.2 Å². The second kappa shape index (κ2) is 7.02. The molecule has 0 aliphatic heterocycles. The van der Waals surface area contributed by atoms with Gasteiger partial charge in [-0.05, 0) is 36.4 Å². The average Bonchev–Trinajstić information content (AvgIpc) is 3.22. The lowest BCUT2D eigenvalue weighted by molar-refractivity contribution is 0.102. The van der Waals surface area contributed by atoms with Gasteiger partial charge in [-0.1, -0.05) is 23.7 Å². The normalized spacial score (nSPS) is 10.9. The van der Waals surface area contributed by atoms with Crippen LogP contribution in [0.25, 0.3) is 16.2 Å². The Hall–Kier alpha value is -2.90. The minimum Gasteiger partial charge on any atom is -0.378 e. The molecule has 136 valence electrons. The van der Waals surface area contributed by atoms with Crippen LogP contribution in [-0.2, 0) is 0 Å². The maximum Gasteiger partial charge on any atom is 0.258 e. The van der Waals surface area contributed by atoms with Gasteiger partial charge in [0.25, 0.3) is 11.9 Å². The van der Waals surface area contributed by atoms with Crippen molar-refractivity contribution in [1.82, 2.24) is 14.6 Å². The van der Waals surface area contributed by atoms with Gasteiger partial charge in [0.2, 0.25) is 4.96 Å². The smallest absolute Gasteiger partial charge is 0.258 e. The van der Waals surface area contributed by atoms with Gasteiger partial charge in [0.15, 0.2) is 0 Å². The summed E-state index contributed by atoms with van der Waals surface area (Å²) in [6, 6.07) is 14.9. The van der Waals surface area contributed by atoms with Gasteiger partial charge in [-0.25, -0.2) is 4.52 Å². The van der Waals surface area contributed by atoms with Gasteiger partial charge in [-0.2, -0.15) is 4.98 Å². The minimum absolute atomic E-state index is 0.244. The Morgan fingerprint density at radius 2 is 1.81 bits per heavy atom. The first-order chi connectivity index (χ1) is 13.0. The number of nitrogens with one attached hydrogen (secondary N) is 1. The van der Waals surface area contributed by atoms with E-state index in [1.807, 2.05) is 60.8 Å². The molecule has 0 saturated heterocycles. The highest BCUT2D eigenvalue weighted by Gasteiger charge is 2.14. The number of hydrogen-bond donors (Lipinski definition) is 1. The first-order valence-electron chi connectivity index (χ1n) is 8.20. The second-order valence-electron chi connectivity index (χ2n) is 6.15. The van der Waals surface area contributed by atoms with Gasteiger partial charge < -0.3 is 4.90 Å². The highest BCUT2D eigenvalue weighted by Crippen LogP contribution is 2.27. The van der Waals surface area contributed by atoms with E-state index in [1.165, 1.54) is 11.3 Å². The summed E-state index contributed by atoms with van der Waals surface area (Å²) in [4.78, 5) is 19.5. The molecule has 0 fully saturated rings. The van der Waals surface area contributed by atoms with Crippen molar-refractivity contribution in [3.05, 3.63) is 64.5 Å². The number of aromatic nitrogens is 3. The molecular formula is C19H16ClN5OS. The Morgan fingerprint density at radius 1 is 1.11 bits per heavy atom. The maximum absolute atomic E-state index is 12.5. The number of hydrogen-bond acceptors (Lipinski definition) is 5. The third-order valence-corrected chi connectivity index (χ3v) is 5.16. The predicted octanol–water partition coefficient (Wildman–Crippen LogP) is 4.43. The first-order valence-corrected chi connectivity index (χ1v) is 9.46. The average molecular weight is 398 g/mol. The molecule has 0 atom stereocenters. The molecule has 2 heterocycles. The zero-order valence-electron chi connectivity index (χ0n) is 14.7. The fourth-order valence-corrected chi connectivity index (χ4v) is 3.60. The van der Waals surface area contributed by atoms with Crippen molar-refractivity contribution in [1.29, 1.82) is 0 Å². The summed E-state index contributed by atoms with van der Waals surface area (Å²) < 4.78 is 1.72. The van der Waals surface area contributed by atoms with Gasteiger partial charge in [0, 0.05) is 41.3 Å². The number of carbonyl (C=O) groups excluding carboxylic acids is 1. The fraction of sp³-hybridized carbons (Fsp3) is 0.105. The number of thiazole rings is 1. The lowest BCUT2D eigenvalue weighted by Crippen LogP contribution is -2.14. The molecule has 0 saturated carbocycles. The highest BCUT2D eigenvalue weighted by molar-refractivity contribution is 7.15. The molecule has 0 aliphatic rings.